The number of hydrogen-bond acceptors (Lipinski definition) is 3. The van der Waals surface area contributed by atoms with Crippen molar-refractivity contribution in [3.63, 3.8) is 0 Å². The van der Waals surface area contributed by atoms with Crippen LogP contribution in [0.15, 0.2) is 34.9 Å². The van der Waals surface area contributed by atoms with E-state index in [2.05, 4.69) is 31.4 Å². The van der Waals surface area contributed by atoms with Crippen molar-refractivity contribution >= 4 is 39.3 Å². The maximum absolute atomic E-state index is 13.8. The van der Waals surface area contributed by atoms with Gasteiger partial charge in [-0.3, -0.25) is 14.2 Å². The van der Waals surface area contributed by atoms with Crippen LogP contribution in [0.2, 0.25) is 5.02 Å². The molecule has 0 aliphatic carbocycles. The van der Waals surface area contributed by atoms with Crippen LogP contribution in [-0.4, -0.2) is 25.5 Å². The van der Waals surface area contributed by atoms with E-state index in [1.165, 1.54) is 16.9 Å². The van der Waals surface area contributed by atoms with Crippen LogP contribution in [0.5, 0.6) is 0 Å². The fourth-order valence-corrected chi connectivity index (χ4v) is 3.17. The lowest BCUT2D eigenvalue weighted by atomic mass is 10.2. The molecule has 0 aliphatic rings. The number of benzene rings is 1. The summed E-state index contributed by atoms with van der Waals surface area (Å²) >= 11 is 9.13. The summed E-state index contributed by atoms with van der Waals surface area (Å²) in [4.78, 5) is 12.3. The monoisotopic (exact) mass is 475 g/mol. The second-order valence-corrected chi connectivity index (χ2v) is 7.11. The molecule has 0 spiro atoms. The van der Waals surface area contributed by atoms with E-state index in [0.717, 1.165) is 4.68 Å². The number of nitrogens with zero attached hydrogens (tertiary/aromatic N) is 4. The molecule has 0 unspecified atom stereocenters. The van der Waals surface area contributed by atoms with Crippen molar-refractivity contribution in [3.05, 3.63) is 62.7 Å². The summed E-state index contributed by atoms with van der Waals surface area (Å²) in [5, 5.41) is 10.5. The number of amides is 1. The largest absolute Gasteiger partial charge is 0.306 e. The van der Waals surface area contributed by atoms with E-state index < -0.39 is 18.0 Å². The van der Waals surface area contributed by atoms with Gasteiger partial charge in [0.1, 0.15) is 23.1 Å². The highest BCUT2D eigenvalue weighted by Gasteiger charge is 2.21. The maximum Gasteiger partial charge on any atom is 0.283 e. The molecular formula is C17H14BrClF3N5O. The average Bonchev–Trinajstić information content (AvgIpc) is 3.11. The maximum atomic E-state index is 13.8. The fraction of sp³-hybridized carbons (Fsp3) is 0.235. The highest BCUT2D eigenvalue weighted by molar-refractivity contribution is 9.10. The minimum Gasteiger partial charge on any atom is -0.306 e. The number of nitrogens with one attached hydrogen (secondary N) is 1. The molecule has 6 nitrogen and oxygen atoms in total. The van der Waals surface area contributed by atoms with E-state index in [1.54, 1.807) is 25.1 Å². The van der Waals surface area contributed by atoms with Gasteiger partial charge < -0.3 is 5.32 Å². The van der Waals surface area contributed by atoms with Crippen molar-refractivity contribution in [2.45, 2.75) is 26.4 Å². The molecule has 3 rings (SSSR count). The van der Waals surface area contributed by atoms with Gasteiger partial charge in [0, 0.05) is 11.8 Å². The van der Waals surface area contributed by atoms with Gasteiger partial charge in [-0.1, -0.05) is 29.8 Å². The minimum absolute atomic E-state index is 0.0842. The Morgan fingerprint density at radius 1 is 1.32 bits per heavy atom. The number of halogens is 5. The predicted molar refractivity (Wildman–Crippen MR) is 101 cm³/mol. The molecule has 148 valence electrons. The molecule has 0 fully saturated rings. The van der Waals surface area contributed by atoms with Crippen LogP contribution < -0.4 is 5.32 Å². The van der Waals surface area contributed by atoms with Crippen LogP contribution in [0.1, 0.15) is 23.4 Å². The highest BCUT2D eigenvalue weighted by Crippen LogP contribution is 2.29. The fourth-order valence-electron chi connectivity index (χ4n) is 2.51. The quantitative estimate of drug-likeness (QED) is 0.567. The van der Waals surface area contributed by atoms with Gasteiger partial charge in [-0.25, -0.2) is 13.2 Å². The Morgan fingerprint density at radius 2 is 2.04 bits per heavy atom. The smallest absolute Gasteiger partial charge is 0.283 e. The molecule has 0 bridgehead atoms. The Morgan fingerprint density at radius 3 is 2.68 bits per heavy atom. The third-order valence-corrected chi connectivity index (χ3v) is 5.18. The third kappa shape index (κ3) is 4.39. The van der Waals surface area contributed by atoms with Crippen LogP contribution in [0.3, 0.4) is 0 Å². The van der Waals surface area contributed by atoms with Crippen molar-refractivity contribution in [2.75, 3.05) is 5.32 Å². The van der Waals surface area contributed by atoms with Crippen LogP contribution >= 0.6 is 27.5 Å². The zero-order valence-electron chi connectivity index (χ0n) is 14.5. The first-order valence-corrected chi connectivity index (χ1v) is 9.20. The molecule has 0 saturated heterocycles. The molecule has 1 aromatic carbocycles. The lowest BCUT2D eigenvalue weighted by Crippen LogP contribution is -2.21. The molecular weight excluding hydrogens is 463 g/mol. The lowest BCUT2D eigenvalue weighted by molar-refractivity contribution is -0.117. The summed E-state index contributed by atoms with van der Waals surface area (Å²) in [6.45, 7) is 1.39. The molecule has 1 N–H and O–H groups in total. The number of carbonyl (C=O) groups excluding carboxylic acids is 1. The van der Waals surface area contributed by atoms with Crippen LogP contribution in [0, 0.1) is 12.7 Å². The Balaban J connectivity index is 1.71. The van der Waals surface area contributed by atoms with Crippen LogP contribution in [0.4, 0.5) is 19.0 Å². The Kier molecular flexibility index (Phi) is 6.09. The summed E-state index contributed by atoms with van der Waals surface area (Å²) < 4.78 is 42.3. The van der Waals surface area contributed by atoms with Crippen molar-refractivity contribution in [1.82, 2.24) is 19.6 Å². The number of anilines is 1. The number of rotatable bonds is 6. The molecule has 0 aliphatic heterocycles. The van der Waals surface area contributed by atoms with Crippen LogP contribution in [-0.2, 0) is 17.9 Å². The zero-order chi connectivity index (χ0) is 20.4. The molecule has 1 amide bonds. The summed E-state index contributed by atoms with van der Waals surface area (Å²) in [7, 11) is 0. The molecule has 0 radical (unpaired) electrons. The van der Waals surface area contributed by atoms with Crippen molar-refractivity contribution < 1.29 is 18.0 Å². The Bertz CT molecular complexity index is 1020. The number of carbonyl (C=O) groups is 1. The van der Waals surface area contributed by atoms with Gasteiger partial charge in [0.05, 0.1) is 16.7 Å². The van der Waals surface area contributed by atoms with Gasteiger partial charge in [0.15, 0.2) is 5.82 Å². The summed E-state index contributed by atoms with van der Waals surface area (Å²) in [5.74, 6) is -0.841. The lowest BCUT2D eigenvalue weighted by Gasteiger charge is -2.05. The predicted octanol–water partition coefficient (Wildman–Crippen LogP) is 4.57. The Labute approximate surface area is 171 Å². The van der Waals surface area contributed by atoms with Gasteiger partial charge in [-0.05, 0) is 28.9 Å². The van der Waals surface area contributed by atoms with Crippen molar-refractivity contribution in [1.29, 1.82) is 0 Å². The highest BCUT2D eigenvalue weighted by atomic mass is 79.9. The summed E-state index contributed by atoms with van der Waals surface area (Å²) in [6.07, 6.45) is -1.31. The molecule has 0 atom stereocenters. The van der Waals surface area contributed by atoms with Gasteiger partial charge >= 0.3 is 0 Å². The third-order valence-electron chi connectivity index (χ3n) is 3.92. The standard InChI is InChI=1S/C17H14BrClF3N5O/c1-9-14(18)15(16(21)22)24-27(9)8-13(28)23-17-11(19)7-26(25-17)6-10-4-2-3-5-12(10)20/h2-5,7,16H,6,8H2,1H3,(H,23,25,28). The van der Waals surface area contributed by atoms with Crippen LogP contribution in [0.25, 0.3) is 0 Å². The topological polar surface area (TPSA) is 64.7 Å². The minimum atomic E-state index is -2.76. The first-order valence-electron chi connectivity index (χ1n) is 8.03. The molecule has 0 saturated carbocycles. The molecule has 2 aromatic heterocycles. The molecule has 28 heavy (non-hydrogen) atoms. The van der Waals surface area contributed by atoms with Gasteiger partial charge in [-0.15, -0.1) is 0 Å². The first kappa shape index (κ1) is 20.4. The SMILES string of the molecule is Cc1c(Br)c(C(F)F)nn1CC(=O)Nc1nn(Cc2ccccc2F)cc1Cl. The van der Waals surface area contributed by atoms with Gasteiger partial charge in [0.2, 0.25) is 5.91 Å². The van der Waals surface area contributed by atoms with Crippen molar-refractivity contribution in [3.8, 4) is 0 Å². The second kappa shape index (κ2) is 8.36. The number of hydrogen-bond donors (Lipinski definition) is 1. The van der Waals surface area contributed by atoms with Gasteiger partial charge in [0.25, 0.3) is 6.43 Å². The van der Waals surface area contributed by atoms with Crippen molar-refractivity contribution in [2.24, 2.45) is 0 Å². The summed E-state index contributed by atoms with van der Waals surface area (Å²) in [6, 6.07) is 6.23. The molecule has 3 aromatic rings. The van der Waals surface area contributed by atoms with E-state index in [-0.39, 0.29) is 34.2 Å². The van der Waals surface area contributed by atoms with E-state index in [0.29, 0.717) is 11.3 Å². The molecule has 2 heterocycles. The van der Waals surface area contributed by atoms with E-state index >= 15 is 0 Å². The first-order chi connectivity index (χ1) is 13.3. The van der Waals surface area contributed by atoms with Gasteiger partial charge in [-0.2, -0.15) is 10.2 Å². The number of alkyl halides is 2. The zero-order valence-corrected chi connectivity index (χ0v) is 16.8. The average molecular weight is 477 g/mol. The van der Waals surface area contributed by atoms with E-state index in [9.17, 15) is 18.0 Å². The summed E-state index contributed by atoms with van der Waals surface area (Å²) in [5.41, 5.74) is 0.371. The van der Waals surface area contributed by atoms with E-state index in [1.807, 2.05) is 0 Å². The second-order valence-electron chi connectivity index (χ2n) is 5.91. The number of aromatic nitrogens is 4. The molecule has 11 heteroatoms. The Hall–Kier alpha value is -2.33. The van der Waals surface area contributed by atoms with E-state index in [4.69, 9.17) is 11.6 Å². The normalized spacial score (nSPS) is 11.2.